The molecule has 1 rings (SSSR count). The maximum Gasteiger partial charge on any atom is 0.317 e. The molecule has 5 heteroatoms. The summed E-state index contributed by atoms with van der Waals surface area (Å²) in [7, 11) is 1.63. The van der Waals surface area contributed by atoms with Crippen LogP contribution in [0, 0.1) is 0 Å². The van der Waals surface area contributed by atoms with Gasteiger partial charge in [-0.2, -0.15) is 0 Å². The fourth-order valence-corrected chi connectivity index (χ4v) is 1.40. The molecule has 0 aliphatic carbocycles. The van der Waals surface area contributed by atoms with Crippen LogP contribution in [0.15, 0.2) is 24.5 Å². The van der Waals surface area contributed by atoms with Gasteiger partial charge in [0.2, 0.25) is 0 Å². The summed E-state index contributed by atoms with van der Waals surface area (Å²) in [5, 5.41) is 2.62. The van der Waals surface area contributed by atoms with Gasteiger partial charge in [0.1, 0.15) is 0 Å². The molecule has 3 N–H and O–H groups in total. The average Bonchev–Trinajstić information content (AvgIpc) is 2.34. The summed E-state index contributed by atoms with van der Waals surface area (Å²) < 4.78 is 0. The SMILES string of the molecule is CNC(=O)N(CCCN)Cc1cccnc1. The van der Waals surface area contributed by atoms with Crippen LogP contribution in [0.4, 0.5) is 4.79 Å². The van der Waals surface area contributed by atoms with Gasteiger partial charge in [0.15, 0.2) is 0 Å². The van der Waals surface area contributed by atoms with Crippen LogP contribution in [-0.4, -0.2) is 36.1 Å². The van der Waals surface area contributed by atoms with Gasteiger partial charge in [0, 0.05) is 32.5 Å². The van der Waals surface area contributed by atoms with Gasteiger partial charge in [-0.1, -0.05) is 6.07 Å². The number of hydrogen-bond donors (Lipinski definition) is 2. The number of amides is 2. The van der Waals surface area contributed by atoms with E-state index in [2.05, 4.69) is 10.3 Å². The van der Waals surface area contributed by atoms with E-state index in [1.54, 1.807) is 24.3 Å². The van der Waals surface area contributed by atoms with E-state index in [1.165, 1.54) is 0 Å². The molecule has 88 valence electrons. The van der Waals surface area contributed by atoms with Crippen LogP contribution in [0.3, 0.4) is 0 Å². The molecule has 1 aromatic heterocycles. The van der Waals surface area contributed by atoms with E-state index in [9.17, 15) is 4.79 Å². The van der Waals surface area contributed by atoms with E-state index in [0.717, 1.165) is 12.0 Å². The van der Waals surface area contributed by atoms with Crippen molar-refractivity contribution >= 4 is 6.03 Å². The predicted molar refractivity (Wildman–Crippen MR) is 62.8 cm³/mol. The second-order valence-electron chi connectivity index (χ2n) is 3.48. The van der Waals surface area contributed by atoms with Gasteiger partial charge >= 0.3 is 6.03 Å². The molecule has 0 fully saturated rings. The summed E-state index contributed by atoms with van der Waals surface area (Å²) in [4.78, 5) is 17.3. The lowest BCUT2D eigenvalue weighted by Gasteiger charge is -2.21. The smallest absolute Gasteiger partial charge is 0.317 e. The molecule has 1 heterocycles. The predicted octanol–water partition coefficient (Wildman–Crippen LogP) is 0.572. The standard InChI is InChI=1S/C11H18N4O/c1-13-11(16)15(7-3-5-12)9-10-4-2-6-14-8-10/h2,4,6,8H,3,5,7,9,12H2,1H3,(H,13,16). The summed E-state index contributed by atoms with van der Waals surface area (Å²) in [6.45, 7) is 1.80. The highest BCUT2D eigenvalue weighted by Crippen LogP contribution is 2.03. The number of hydrogen-bond acceptors (Lipinski definition) is 3. The van der Waals surface area contributed by atoms with Crippen molar-refractivity contribution in [1.29, 1.82) is 0 Å². The fraction of sp³-hybridized carbons (Fsp3) is 0.455. The number of carbonyl (C=O) groups is 1. The van der Waals surface area contributed by atoms with Crippen LogP contribution >= 0.6 is 0 Å². The number of rotatable bonds is 5. The van der Waals surface area contributed by atoms with Crippen molar-refractivity contribution in [1.82, 2.24) is 15.2 Å². The van der Waals surface area contributed by atoms with Crippen molar-refractivity contribution in [2.24, 2.45) is 5.73 Å². The summed E-state index contributed by atoms with van der Waals surface area (Å²) in [6.07, 6.45) is 4.28. The molecule has 0 unspecified atom stereocenters. The van der Waals surface area contributed by atoms with E-state index < -0.39 is 0 Å². The molecular weight excluding hydrogens is 204 g/mol. The maximum atomic E-state index is 11.6. The molecule has 0 saturated heterocycles. The summed E-state index contributed by atoms with van der Waals surface area (Å²) >= 11 is 0. The topological polar surface area (TPSA) is 71.2 Å². The Kier molecular flexibility index (Phi) is 5.28. The third-order valence-electron chi connectivity index (χ3n) is 2.23. The maximum absolute atomic E-state index is 11.6. The lowest BCUT2D eigenvalue weighted by Crippen LogP contribution is -2.38. The second-order valence-corrected chi connectivity index (χ2v) is 3.48. The van der Waals surface area contributed by atoms with E-state index >= 15 is 0 Å². The Morgan fingerprint density at radius 3 is 3.00 bits per heavy atom. The Bertz CT molecular complexity index is 315. The number of urea groups is 1. The minimum atomic E-state index is -0.0858. The zero-order chi connectivity index (χ0) is 11.8. The van der Waals surface area contributed by atoms with E-state index in [4.69, 9.17) is 5.73 Å². The monoisotopic (exact) mass is 222 g/mol. The van der Waals surface area contributed by atoms with Crippen LogP contribution in [-0.2, 0) is 6.54 Å². The highest BCUT2D eigenvalue weighted by molar-refractivity contribution is 5.73. The van der Waals surface area contributed by atoms with Crippen LogP contribution < -0.4 is 11.1 Å². The summed E-state index contributed by atoms with van der Waals surface area (Å²) in [5.41, 5.74) is 6.46. The van der Waals surface area contributed by atoms with Crippen molar-refractivity contribution in [3.8, 4) is 0 Å². The second kappa shape index (κ2) is 6.79. The summed E-state index contributed by atoms with van der Waals surface area (Å²) in [5.74, 6) is 0. The number of aromatic nitrogens is 1. The van der Waals surface area contributed by atoms with Crippen molar-refractivity contribution < 1.29 is 4.79 Å². The number of nitrogens with one attached hydrogen (secondary N) is 1. The van der Waals surface area contributed by atoms with Gasteiger partial charge < -0.3 is 16.0 Å². The van der Waals surface area contributed by atoms with Crippen molar-refractivity contribution in [2.45, 2.75) is 13.0 Å². The molecule has 16 heavy (non-hydrogen) atoms. The highest BCUT2D eigenvalue weighted by Gasteiger charge is 2.11. The molecule has 0 spiro atoms. The Balaban J connectivity index is 2.59. The van der Waals surface area contributed by atoms with Crippen LogP contribution in [0.25, 0.3) is 0 Å². The van der Waals surface area contributed by atoms with Gasteiger partial charge in [0.05, 0.1) is 0 Å². The zero-order valence-corrected chi connectivity index (χ0v) is 9.52. The molecule has 0 radical (unpaired) electrons. The summed E-state index contributed by atoms with van der Waals surface area (Å²) in [6, 6.07) is 3.73. The van der Waals surface area contributed by atoms with Crippen molar-refractivity contribution in [3.63, 3.8) is 0 Å². The number of nitrogens with zero attached hydrogens (tertiary/aromatic N) is 2. The van der Waals surface area contributed by atoms with E-state index in [-0.39, 0.29) is 6.03 Å². The third-order valence-corrected chi connectivity index (χ3v) is 2.23. The zero-order valence-electron chi connectivity index (χ0n) is 9.52. The average molecular weight is 222 g/mol. The van der Waals surface area contributed by atoms with E-state index in [1.807, 2.05) is 12.1 Å². The molecule has 5 nitrogen and oxygen atoms in total. The molecule has 0 aromatic carbocycles. The lowest BCUT2D eigenvalue weighted by molar-refractivity contribution is 0.197. The first-order chi connectivity index (χ1) is 7.77. The molecule has 0 bridgehead atoms. The number of nitrogens with two attached hydrogens (primary N) is 1. The molecular formula is C11H18N4O. The minimum Gasteiger partial charge on any atom is -0.341 e. The van der Waals surface area contributed by atoms with Crippen LogP contribution in [0.2, 0.25) is 0 Å². The van der Waals surface area contributed by atoms with Gasteiger partial charge in [-0.15, -0.1) is 0 Å². The molecule has 0 saturated carbocycles. The first-order valence-corrected chi connectivity index (χ1v) is 5.33. The van der Waals surface area contributed by atoms with E-state index in [0.29, 0.717) is 19.6 Å². The Labute approximate surface area is 95.7 Å². The molecule has 0 aliphatic rings. The molecule has 0 atom stereocenters. The first-order valence-electron chi connectivity index (χ1n) is 5.33. The van der Waals surface area contributed by atoms with Gasteiger partial charge in [-0.3, -0.25) is 4.98 Å². The van der Waals surface area contributed by atoms with Crippen LogP contribution in [0.5, 0.6) is 0 Å². The number of carbonyl (C=O) groups excluding carboxylic acids is 1. The van der Waals surface area contributed by atoms with Gasteiger partial charge in [0.25, 0.3) is 0 Å². The number of pyridine rings is 1. The van der Waals surface area contributed by atoms with Gasteiger partial charge in [-0.25, -0.2) is 4.79 Å². The molecule has 0 aliphatic heterocycles. The quantitative estimate of drug-likeness (QED) is 0.765. The van der Waals surface area contributed by atoms with Crippen LogP contribution in [0.1, 0.15) is 12.0 Å². The Morgan fingerprint density at radius 1 is 1.62 bits per heavy atom. The largest absolute Gasteiger partial charge is 0.341 e. The van der Waals surface area contributed by atoms with Gasteiger partial charge in [-0.05, 0) is 24.6 Å². The minimum absolute atomic E-state index is 0.0858. The molecule has 2 amide bonds. The van der Waals surface area contributed by atoms with Crippen molar-refractivity contribution in [3.05, 3.63) is 30.1 Å². The lowest BCUT2D eigenvalue weighted by atomic mass is 10.2. The Hall–Kier alpha value is -1.62. The Morgan fingerprint density at radius 2 is 2.44 bits per heavy atom. The highest BCUT2D eigenvalue weighted by atomic mass is 16.2. The molecule has 1 aromatic rings. The van der Waals surface area contributed by atoms with Crippen molar-refractivity contribution in [2.75, 3.05) is 20.1 Å². The fourth-order valence-electron chi connectivity index (χ4n) is 1.40. The normalized spacial score (nSPS) is 9.88. The third kappa shape index (κ3) is 3.86. The first kappa shape index (κ1) is 12.4.